The Kier molecular flexibility index (Phi) is 6.19. The highest BCUT2D eigenvalue weighted by molar-refractivity contribution is 6.30. The van der Waals surface area contributed by atoms with Crippen molar-refractivity contribution >= 4 is 87.8 Å². The molecule has 0 aliphatic heterocycles. The van der Waals surface area contributed by atoms with Gasteiger partial charge in [-0.05, 0) is 269 Å². The molecule has 5 aromatic carbocycles. The van der Waals surface area contributed by atoms with Crippen LogP contribution in [0.1, 0.15) is 186 Å². The molecule has 4 heteroatoms. The van der Waals surface area contributed by atoms with Gasteiger partial charge in [0.1, 0.15) is 0 Å². The zero-order valence-corrected chi connectivity index (χ0v) is 39.2. The minimum absolute atomic E-state index is 0.0337. The van der Waals surface area contributed by atoms with Crippen molar-refractivity contribution in [3.63, 3.8) is 0 Å². The van der Waals surface area contributed by atoms with Crippen molar-refractivity contribution in [3.8, 4) is 0 Å². The summed E-state index contributed by atoms with van der Waals surface area (Å²) < 4.78 is 25.5. The van der Waals surface area contributed by atoms with Crippen LogP contribution in [-0.2, 0) is 10.8 Å². The molecule has 14 aliphatic rings. The number of hydrogen-bond acceptors (Lipinski definition) is 2. The summed E-state index contributed by atoms with van der Waals surface area (Å²) in [6.07, 6.45) is 24.2. The van der Waals surface area contributed by atoms with E-state index in [0.29, 0.717) is 35.0 Å². The van der Waals surface area contributed by atoms with Crippen molar-refractivity contribution in [2.24, 2.45) is 47.3 Å². The average Bonchev–Trinajstić information content (AvgIpc) is 3.97. The third-order valence-electron chi connectivity index (χ3n) is 22.9. The van der Waals surface area contributed by atoms with E-state index >= 15 is 0 Å². The van der Waals surface area contributed by atoms with Gasteiger partial charge in [-0.2, -0.15) is 0 Å². The normalized spacial score (nSPS) is 37.1. The Balaban J connectivity index is 0.967. The van der Waals surface area contributed by atoms with Crippen molar-refractivity contribution in [2.75, 3.05) is 0 Å². The summed E-state index contributed by atoms with van der Waals surface area (Å²) in [5.41, 5.74) is 13.7. The van der Waals surface area contributed by atoms with Gasteiger partial charge in [-0.25, -0.2) is 0 Å². The highest BCUT2D eigenvalue weighted by Crippen LogP contribution is 2.64. The smallest absolute Gasteiger partial charge is 0.166 e. The second kappa shape index (κ2) is 12.0. The van der Waals surface area contributed by atoms with E-state index in [1.807, 2.05) is 0 Å². The van der Waals surface area contributed by atoms with Crippen molar-refractivity contribution in [3.05, 3.63) is 94.0 Å². The Labute approximate surface area is 399 Å². The van der Waals surface area contributed by atoms with Gasteiger partial charge in [-0.15, -0.1) is 0 Å². The first-order valence-electron chi connectivity index (χ1n) is 28.8. The largest absolute Gasteiger partial charge is 0.308 e. The number of fused-ring (bicyclic) bond motifs is 16. The van der Waals surface area contributed by atoms with Crippen LogP contribution in [-0.4, -0.2) is 20.4 Å². The molecule has 4 heterocycles. The predicted molar refractivity (Wildman–Crippen MR) is 274 cm³/mol. The molecule has 4 aromatic heterocycles. The van der Waals surface area contributed by atoms with E-state index in [2.05, 4.69) is 57.3 Å². The monoisotopic (exact) mass is 890 g/mol. The van der Waals surface area contributed by atoms with Gasteiger partial charge >= 0.3 is 0 Å². The molecule has 0 radical (unpaired) electrons. The third kappa shape index (κ3) is 4.34. The van der Waals surface area contributed by atoms with Crippen LogP contribution >= 0.6 is 0 Å². The van der Waals surface area contributed by atoms with Crippen LogP contribution in [0.25, 0.3) is 76.2 Å². The Bertz CT molecular complexity index is 3630. The molecule has 338 valence electrons. The molecular weight excluding hydrogens is 829 g/mol. The molecule has 0 atom stereocenters. The SMILES string of the molecule is [2H]c1c2c(cc3c4cc(C56CC7CC(CC(C7)C5)C6)cc5c6cc7c(cc6n(c13)c54)c1cc(C34CC5CC(CC(C5)C3)C4)cc3c4cc5c(c([2H])c4n7c13)C(=O)C1CCC5CC1)C1CCC(CC1)C2=O. The number of hydrogen-bond donors (Lipinski definition) is 0. The summed E-state index contributed by atoms with van der Waals surface area (Å²) in [4.78, 5) is 29.2. The van der Waals surface area contributed by atoms with Crippen LogP contribution in [0.4, 0.5) is 0 Å². The Hall–Kier alpha value is -4.96. The van der Waals surface area contributed by atoms with E-state index in [4.69, 9.17) is 0 Å². The van der Waals surface area contributed by atoms with Crippen LogP contribution in [0.15, 0.2) is 60.6 Å². The van der Waals surface area contributed by atoms with E-state index in [1.54, 1.807) is 0 Å². The molecule has 12 bridgehead atoms. The van der Waals surface area contributed by atoms with Crippen LogP contribution in [0.3, 0.4) is 0 Å². The van der Waals surface area contributed by atoms with E-state index in [-0.39, 0.29) is 34.2 Å². The highest BCUT2D eigenvalue weighted by Gasteiger charge is 2.53. The van der Waals surface area contributed by atoms with Crippen LogP contribution in [0.2, 0.25) is 0 Å². The first-order chi connectivity index (χ1) is 34.2. The van der Waals surface area contributed by atoms with Gasteiger partial charge in [0.05, 0.1) is 35.8 Å². The summed E-state index contributed by atoms with van der Waals surface area (Å²) in [6.45, 7) is 0. The molecule has 10 saturated carbocycles. The molecule has 0 amide bonds. The van der Waals surface area contributed by atoms with Gasteiger partial charge < -0.3 is 8.80 Å². The third-order valence-corrected chi connectivity index (χ3v) is 22.9. The summed E-state index contributed by atoms with van der Waals surface area (Å²) in [7, 11) is 0. The van der Waals surface area contributed by atoms with E-state index in [9.17, 15) is 12.3 Å². The number of Topliss-reactive ketones (excluding diaryl/α,β-unsaturated/α-hetero) is 2. The molecule has 0 spiro atoms. The Morgan fingerprint density at radius 2 is 0.691 bits per heavy atom. The molecule has 23 rings (SSSR count). The predicted octanol–water partition coefficient (Wildman–Crippen LogP) is 15.9. The van der Waals surface area contributed by atoms with Crippen molar-refractivity contribution in [1.82, 2.24) is 8.80 Å². The summed E-state index contributed by atoms with van der Waals surface area (Å²) >= 11 is 0. The maximum Gasteiger partial charge on any atom is 0.166 e. The zero-order chi connectivity index (χ0) is 45.6. The lowest BCUT2D eigenvalue weighted by Gasteiger charge is -2.57. The minimum atomic E-state index is 0.0337. The fourth-order valence-corrected chi connectivity index (χ4v) is 20.9. The number of aromatic nitrogens is 2. The van der Waals surface area contributed by atoms with Crippen LogP contribution in [0, 0.1) is 47.3 Å². The van der Waals surface area contributed by atoms with E-state index in [0.717, 1.165) is 120 Å². The fourth-order valence-electron chi connectivity index (χ4n) is 20.9. The van der Waals surface area contributed by atoms with Gasteiger partial charge in [0.15, 0.2) is 11.6 Å². The Morgan fingerprint density at radius 1 is 0.382 bits per heavy atom. The lowest BCUT2D eigenvalue weighted by Crippen LogP contribution is -2.48. The number of benzene rings is 5. The summed E-state index contributed by atoms with van der Waals surface area (Å²) in [5.74, 6) is 6.15. The number of carbonyl (C=O) groups is 2. The molecule has 10 fully saturated rings. The number of carbonyl (C=O) groups excluding carboxylic acids is 2. The maximum atomic E-state index is 14.6. The molecule has 9 aromatic rings. The molecule has 0 saturated heterocycles. The van der Waals surface area contributed by atoms with Crippen molar-refractivity contribution in [1.29, 1.82) is 0 Å². The number of nitrogens with zero attached hydrogens (tertiary/aromatic N) is 2. The highest BCUT2D eigenvalue weighted by atomic mass is 16.1. The van der Waals surface area contributed by atoms with Gasteiger partial charge in [-0.3, -0.25) is 9.59 Å². The molecule has 14 aliphatic carbocycles. The van der Waals surface area contributed by atoms with E-state index in [1.165, 1.54) is 142 Å². The second-order valence-electron chi connectivity index (χ2n) is 26.3. The summed E-state index contributed by atoms with van der Waals surface area (Å²) in [5, 5.41) is 9.91. The number of rotatable bonds is 2. The quantitative estimate of drug-likeness (QED) is 0.174. The van der Waals surface area contributed by atoms with Crippen LogP contribution < -0.4 is 0 Å². The topological polar surface area (TPSA) is 43.0 Å². The van der Waals surface area contributed by atoms with Gasteiger partial charge in [0.2, 0.25) is 0 Å². The summed E-state index contributed by atoms with van der Waals surface area (Å²) in [6, 6.07) is 21.2. The second-order valence-corrected chi connectivity index (χ2v) is 26.3. The standard InChI is InChI=1S/C64H60N2O2/c67-61-39-5-1-37(2-6-39)43-19-45-49-15-41(63-25-31-9-32(26-63)11-33(10-31)27-63)17-51-47-22-56-48(21-55(47)65(59(49)51)57(45)23-53(43)61)52-18-42(64-28-34-12-35(29-64)14-36(13-34)30-64)16-50-46-20-44-38-3-7-40(8-4-38)62(68)54(44)24-58(46)66(56)60(50)52/h15-24,31-40H,1-14,25-30H2/i23D,24D. The lowest BCUT2D eigenvalue weighted by atomic mass is 9.48. The lowest BCUT2D eigenvalue weighted by molar-refractivity contribution is -0.00520. The molecule has 0 unspecified atom stereocenters. The van der Waals surface area contributed by atoms with Crippen LogP contribution in [0.5, 0.6) is 0 Å². The molecule has 68 heavy (non-hydrogen) atoms. The fraction of sp³-hybridized carbons (Fsp3) is 0.500. The Morgan fingerprint density at radius 3 is 1.03 bits per heavy atom. The molecule has 4 nitrogen and oxygen atoms in total. The molecular formula is C64H60N2O2. The van der Waals surface area contributed by atoms with Crippen molar-refractivity contribution in [2.45, 2.75) is 151 Å². The molecule has 0 N–H and O–H groups in total. The van der Waals surface area contributed by atoms with Crippen molar-refractivity contribution < 1.29 is 12.3 Å². The van der Waals surface area contributed by atoms with Gasteiger partial charge in [-0.1, -0.05) is 0 Å². The first-order valence-corrected chi connectivity index (χ1v) is 27.8. The van der Waals surface area contributed by atoms with Gasteiger partial charge in [0.25, 0.3) is 0 Å². The zero-order valence-electron chi connectivity index (χ0n) is 41.2. The maximum absolute atomic E-state index is 14.6. The van der Waals surface area contributed by atoms with Gasteiger partial charge in [0, 0.05) is 66.1 Å². The average molecular weight is 891 g/mol. The minimum Gasteiger partial charge on any atom is -0.308 e. The number of ketones is 2. The first kappa shape index (κ1) is 35.2. The van der Waals surface area contributed by atoms with E-state index < -0.39 is 0 Å².